The molecule has 0 radical (unpaired) electrons. The maximum atomic E-state index is 12.8. The predicted octanol–water partition coefficient (Wildman–Crippen LogP) is 4.30. The zero-order chi connectivity index (χ0) is 14.8. The maximum absolute atomic E-state index is 12.8. The Kier molecular flexibility index (Phi) is 4.40. The number of rotatable bonds is 3. The molecule has 0 unspecified atom stereocenters. The van der Waals surface area contributed by atoms with Crippen LogP contribution < -0.4 is 0 Å². The smallest absolute Gasteiger partial charge is 0.200 e. The fraction of sp³-hybridized carbons (Fsp3) is 0.0667. The third-order valence-electron chi connectivity index (χ3n) is 2.73. The van der Waals surface area contributed by atoms with Crippen molar-refractivity contribution >= 4 is 30.2 Å². The van der Waals surface area contributed by atoms with Gasteiger partial charge in [0.05, 0.1) is 10.3 Å². The van der Waals surface area contributed by atoms with Gasteiger partial charge in [-0.1, -0.05) is 29.8 Å². The summed E-state index contributed by atoms with van der Waals surface area (Å²) in [5.41, 5.74) is 1.59. The monoisotopic (exact) mass is 354 g/mol. The van der Waals surface area contributed by atoms with Gasteiger partial charge in [-0.05, 0) is 52.7 Å². The Bertz CT molecular complexity index is 732. The second-order valence-electron chi connectivity index (χ2n) is 4.33. The number of benzene rings is 2. The van der Waals surface area contributed by atoms with E-state index >= 15 is 0 Å². The van der Waals surface area contributed by atoms with Crippen LogP contribution in [0.25, 0.3) is 4.48 Å². The molecule has 2 rings (SSSR count). The summed E-state index contributed by atoms with van der Waals surface area (Å²) < 4.78 is 37.7. The molecule has 20 heavy (non-hydrogen) atoms. The molecule has 2 nitrogen and oxygen atoms in total. The SMILES string of the molecule is Cc1ccc(S(=O)(=O)/C=C(/Br)c2ccc(F)cc2)cc1. The van der Waals surface area contributed by atoms with E-state index in [2.05, 4.69) is 15.9 Å². The molecule has 104 valence electrons. The molecule has 0 spiro atoms. The first kappa shape index (κ1) is 14.9. The van der Waals surface area contributed by atoms with E-state index in [0.29, 0.717) is 10.0 Å². The van der Waals surface area contributed by atoms with E-state index in [9.17, 15) is 12.8 Å². The van der Waals surface area contributed by atoms with Gasteiger partial charge in [0.1, 0.15) is 5.82 Å². The molecule has 5 heteroatoms. The average Bonchev–Trinajstić information content (AvgIpc) is 2.39. The first-order chi connectivity index (χ1) is 9.38. The average molecular weight is 355 g/mol. The highest BCUT2D eigenvalue weighted by Crippen LogP contribution is 2.25. The van der Waals surface area contributed by atoms with Crippen LogP contribution in [0.3, 0.4) is 0 Å². The van der Waals surface area contributed by atoms with E-state index in [1.165, 1.54) is 24.3 Å². The molecule has 2 aromatic rings. The van der Waals surface area contributed by atoms with E-state index in [4.69, 9.17) is 0 Å². The van der Waals surface area contributed by atoms with Crippen molar-refractivity contribution in [2.45, 2.75) is 11.8 Å². The van der Waals surface area contributed by atoms with E-state index < -0.39 is 9.84 Å². The van der Waals surface area contributed by atoms with Gasteiger partial charge in [-0.15, -0.1) is 0 Å². The third kappa shape index (κ3) is 3.55. The molecule has 0 bridgehead atoms. The minimum absolute atomic E-state index is 0.224. The van der Waals surface area contributed by atoms with E-state index in [1.807, 2.05) is 6.92 Å². The summed E-state index contributed by atoms with van der Waals surface area (Å²) in [7, 11) is -3.54. The lowest BCUT2D eigenvalue weighted by atomic mass is 10.2. The van der Waals surface area contributed by atoms with Gasteiger partial charge in [-0.25, -0.2) is 12.8 Å². The topological polar surface area (TPSA) is 34.1 Å². The Morgan fingerprint density at radius 1 is 1.05 bits per heavy atom. The van der Waals surface area contributed by atoms with Crippen molar-refractivity contribution in [3.05, 3.63) is 70.9 Å². The van der Waals surface area contributed by atoms with Crippen molar-refractivity contribution in [1.29, 1.82) is 0 Å². The molecule has 2 aromatic carbocycles. The van der Waals surface area contributed by atoms with Crippen LogP contribution in [0.15, 0.2) is 58.8 Å². The maximum Gasteiger partial charge on any atom is 0.200 e. The number of halogens is 2. The fourth-order valence-electron chi connectivity index (χ4n) is 1.61. The van der Waals surface area contributed by atoms with Crippen LogP contribution in [0.1, 0.15) is 11.1 Å². The number of hydrogen-bond donors (Lipinski definition) is 0. The summed E-state index contributed by atoms with van der Waals surface area (Å²) in [6.07, 6.45) is 0. The van der Waals surface area contributed by atoms with E-state index in [0.717, 1.165) is 11.0 Å². The van der Waals surface area contributed by atoms with Crippen LogP contribution in [-0.2, 0) is 9.84 Å². The fourth-order valence-corrected chi connectivity index (χ4v) is 3.67. The van der Waals surface area contributed by atoms with Gasteiger partial charge in [0.25, 0.3) is 0 Å². The second-order valence-corrected chi connectivity index (χ2v) is 6.98. The molecular weight excluding hydrogens is 343 g/mol. The Labute approximate surface area is 126 Å². The van der Waals surface area contributed by atoms with Gasteiger partial charge in [0.2, 0.25) is 9.84 Å². The number of sulfone groups is 1. The van der Waals surface area contributed by atoms with Crippen molar-refractivity contribution in [2.75, 3.05) is 0 Å². The number of hydrogen-bond acceptors (Lipinski definition) is 2. The molecule has 0 aliphatic carbocycles. The standard InChI is InChI=1S/C15H12BrFO2S/c1-11-2-8-14(9-3-11)20(18,19)10-15(16)12-4-6-13(17)7-5-12/h2-10H,1H3/b15-10+. The van der Waals surface area contributed by atoms with Gasteiger partial charge in [-0.3, -0.25) is 0 Å². The van der Waals surface area contributed by atoms with Crippen molar-refractivity contribution in [3.8, 4) is 0 Å². The minimum Gasteiger partial charge on any atom is -0.219 e. The van der Waals surface area contributed by atoms with Gasteiger partial charge < -0.3 is 0 Å². The summed E-state index contributed by atoms with van der Waals surface area (Å²) in [5, 5.41) is 1.13. The summed E-state index contributed by atoms with van der Waals surface area (Å²) >= 11 is 3.22. The Morgan fingerprint density at radius 2 is 1.60 bits per heavy atom. The minimum atomic E-state index is -3.54. The highest BCUT2D eigenvalue weighted by atomic mass is 79.9. The molecule has 0 fully saturated rings. The van der Waals surface area contributed by atoms with Crippen molar-refractivity contribution in [3.63, 3.8) is 0 Å². The highest BCUT2D eigenvalue weighted by Gasteiger charge is 2.12. The zero-order valence-electron chi connectivity index (χ0n) is 10.7. The van der Waals surface area contributed by atoms with Crippen molar-refractivity contribution in [2.24, 2.45) is 0 Å². The van der Waals surface area contributed by atoms with E-state index in [1.54, 1.807) is 24.3 Å². The molecule has 0 saturated heterocycles. The quantitative estimate of drug-likeness (QED) is 0.823. The molecule has 0 saturated carbocycles. The molecule has 0 atom stereocenters. The van der Waals surface area contributed by atoms with Crippen LogP contribution in [0.4, 0.5) is 4.39 Å². The molecule has 0 aromatic heterocycles. The summed E-state index contributed by atoms with van der Waals surface area (Å²) in [6, 6.07) is 12.2. The molecule has 0 N–H and O–H groups in total. The van der Waals surface area contributed by atoms with E-state index in [-0.39, 0.29) is 10.7 Å². The van der Waals surface area contributed by atoms with Crippen LogP contribution in [-0.4, -0.2) is 8.42 Å². The van der Waals surface area contributed by atoms with Gasteiger partial charge in [-0.2, -0.15) is 0 Å². The summed E-state index contributed by atoms with van der Waals surface area (Å²) in [6.45, 7) is 1.89. The normalized spacial score (nSPS) is 12.4. The van der Waals surface area contributed by atoms with Gasteiger partial charge >= 0.3 is 0 Å². The largest absolute Gasteiger partial charge is 0.219 e. The van der Waals surface area contributed by atoms with Crippen LogP contribution in [0.2, 0.25) is 0 Å². The lowest BCUT2D eigenvalue weighted by molar-refractivity contribution is 0.605. The zero-order valence-corrected chi connectivity index (χ0v) is 13.1. The second kappa shape index (κ2) is 5.89. The first-order valence-corrected chi connectivity index (χ1v) is 8.17. The van der Waals surface area contributed by atoms with Gasteiger partial charge in [0, 0.05) is 4.48 Å². The van der Waals surface area contributed by atoms with Crippen LogP contribution in [0.5, 0.6) is 0 Å². The van der Waals surface area contributed by atoms with Crippen molar-refractivity contribution < 1.29 is 12.8 Å². The van der Waals surface area contributed by atoms with Crippen molar-refractivity contribution in [1.82, 2.24) is 0 Å². The predicted molar refractivity (Wildman–Crippen MR) is 81.7 cm³/mol. The number of aryl methyl sites for hydroxylation is 1. The Morgan fingerprint density at radius 3 is 2.15 bits per heavy atom. The first-order valence-electron chi connectivity index (χ1n) is 5.83. The molecule has 0 aliphatic rings. The molecule has 0 amide bonds. The molecule has 0 heterocycles. The highest BCUT2D eigenvalue weighted by molar-refractivity contribution is 9.15. The lowest BCUT2D eigenvalue weighted by Gasteiger charge is -2.03. The Balaban J connectivity index is 2.37. The van der Waals surface area contributed by atoms with Gasteiger partial charge in [0.15, 0.2) is 0 Å². The summed E-state index contributed by atoms with van der Waals surface area (Å²) in [5.74, 6) is -0.365. The molecule has 0 aliphatic heterocycles. The summed E-state index contributed by atoms with van der Waals surface area (Å²) in [4.78, 5) is 0.224. The Hall–Kier alpha value is -1.46. The lowest BCUT2D eigenvalue weighted by Crippen LogP contribution is -1.97. The third-order valence-corrected chi connectivity index (χ3v) is 5.19. The van der Waals surface area contributed by atoms with Crippen LogP contribution >= 0.6 is 15.9 Å². The molecular formula is C15H12BrFO2S. The van der Waals surface area contributed by atoms with Crippen LogP contribution in [0, 0.1) is 12.7 Å².